The summed E-state index contributed by atoms with van der Waals surface area (Å²) in [7, 11) is 1.64. The van der Waals surface area contributed by atoms with Gasteiger partial charge in [0.05, 0.1) is 19.3 Å². The number of nitrogens with zero attached hydrogens (tertiary/aromatic N) is 4. The highest BCUT2D eigenvalue weighted by molar-refractivity contribution is 6.34. The predicted molar refractivity (Wildman–Crippen MR) is 107 cm³/mol. The number of rotatable bonds is 5. The van der Waals surface area contributed by atoms with Crippen LogP contribution in [0.25, 0.3) is 11.0 Å². The zero-order valence-electron chi connectivity index (χ0n) is 15.8. The second-order valence-electron chi connectivity index (χ2n) is 6.48. The van der Waals surface area contributed by atoms with Crippen LogP contribution in [0.4, 0.5) is 5.95 Å². The Bertz CT molecular complexity index is 1080. The standard InChI is InChI=1S/C19H22ClN5O2/c1-5-6-12-8-25(9-13-11(3)16(27-4)10(2)7-22-13)18-14(15(12)26)17(20)23-19(21)24-18/h7-8H,5-6,9H2,1-4H3,(H2,21,23,24). The van der Waals surface area contributed by atoms with Gasteiger partial charge in [0.15, 0.2) is 11.1 Å². The van der Waals surface area contributed by atoms with Gasteiger partial charge in [-0.15, -0.1) is 0 Å². The minimum atomic E-state index is -0.153. The maximum absolute atomic E-state index is 12.8. The molecule has 0 aliphatic heterocycles. The topological polar surface area (TPSA) is 95.9 Å². The van der Waals surface area contributed by atoms with Gasteiger partial charge < -0.3 is 15.0 Å². The Morgan fingerprint density at radius 2 is 2.04 bits per heavy atom. The SMILES string of the molecule is CCCc1cn(Cc2ncc(C)c(OC)c2C)c2nc(N)nc(Cl)c2c1=O. The lowest BCUT2D eigenvalue weighted by atomic mass is 10.1. The van der Waals surface area contributed by atoms with E-state index in [4.69, 9.17) is 22.1 Å². The van der Waals surface area contributed by atoms with E-state index in [-0.39, 0.29) is 21.9 Å². The van der Waals surface area contributed by atoms with Crippen molar-refractivity contribution in [1.82, 2.24) is 19.5 Å². The van der Waals surface area contributed by atoms with E-state index in [1.807, 2.05) is 31.5 Å². The summed E-state index contributed by atoms with van der Waals surface area (Å²) in [6, 6.07) is 0. The summed E-state index contributed by atoms with van der Waals surface area (Å²) in [6.07, 6.45) is 5.06. The van der Waals surface area contributed by atoms with Crippen LogP contribution in [0.1, 0.15) is 35.7 Å². The maximum Gasteiger partial charge on any atom is 0.223 e. The molecule has 2 N–H and O–H groups in total. The highest BCUT2D eigenvalue weighted by Crippen LogP contribution is 2.26. The number of pyridine rings is 2. The summed E-state index contributed by atoms with van der Waals surface area (Å²) in [6.45, 7) is 6.33. The molecule has 3 aromatic heterocycles. The summed E-state index contributed by atoms with van der Waals surface area (Å²) >= 11 is 6.23. The minimum absolute atomic E-state index is 0.0232. The zero-order valence-corrected chi connectivity index (χ0v) is 16.6. The molecule has 0 amide bonds. The number of nitrogens with two attached hydrogens (primary N) is 1. The summed E-state index contributed by atoms with van der Waals surface area (Å²) in [4.78, 5) is 25.6. The Labute approximate surface area is 162 Å². The fourth-order valence-corrected chi connectivity index (χ4v) is 3.53. The first kappa shape index (κ1) is 19.1. The minimum Gasteiger partial charge on any atom is -0.496 e. The van der Waals surface area contributed by atoms with Gasteiger partial charge in [-0.1, -0.05) is 24.9 Å². The molecule has 0 aliphatic carbocycles. The van der Waals surface area contributed by atoms with Crippen molar-refractivity contribution in [1.29, 1.82) is 0 Å². The molecule has 27 heavy (non-hydrogen) atoms. The molecule has 0 bridgehead atoms. The van der Waals surface area contributed by atoms with E-state index >= 15 is 0 Å². The molecule has 0 aromatic carbocycles. The molecule has 0 aliphatic rings. The smallest absolute Gasteiger partial charge is 0.223 e. The molecule has 3 heterocycles. The molecular weight excluding hydrogens is 366 g/mol. The van der Waals surface area contributed by atoms with Gasteiger partial charge in [0.1, 0.15) is 16.3 Å². The van der Waals surface area contributed by atoms with Crippen molar-refractivity contribution in [2.75, 3.05) is 12.8 Å². The molecule has 0 saturated carbocycles. The van der Waals surface area contributed by atoms with Gasteiger partial charge in [-0.25, -0.2) is 4.98 Å². The van der Waals surface area contributed by atoms with E-state index < -0.39 is 0 Å². The predicted octanol–water partition coefficient (Wildman–Crippen LogP) is 3.05. The Morgan fingerprint density at radius 3 is 2.70 bits per heavy atom. The molecule has 7 nitrogen and oxygen atoms in total. The summed E-state index contributed by atoms with van der Waals surface area (Å²) < 4.78 is 7.35. The van der Waals surface area contributed by atoms with Crippen LogP contribution in [-0.4, -0.2) is 26.6 Å². The normalized spacial score (nSPS) is 11.1. The first-order chi connectivity index (χ1) is 12.9. The zero-order chi connectivity index (χ0) is 19.7. The Kier molecular flexibility index (Phi) is 5.32. The molecule has 3 rings (SSSR count). The summed E-state index contributed by atoms with van der Waals surface area (Å²) in [5.74, 6) is 0.821. The number of fused-ring (bicyclic) bond motifs is 1. The van der Waals surface area contributed by atoms with Crippen molar-refractivity contribution in [2.24, 2.45) is 0 Å². The summed E-state index contributed by atoms with van der Waals surface area (Å²) in [5.41, 5.74) is 9.40. The number of aryl methyl sites for hydroxylation is 2. The second kappa shape index (κ2) is 7.52. The molecule has 0 fully saturated rings. The fraction of sp³-hybridized carbons (Fsp3) is 0.368. The molecule has 0 atom stereocenters. The maximum atomic E-state index is 12.8. The lowest BCUT2D eigenvalue weighted by Crippen LogP contribution is -2.18. The Hall–Kier alpha value is -2.67. The molecule has 8 heteroatoms. The Morgan fingerprint density at radius 1 is 1.30 bits per heavy atom. The largest absolute Gasteiger partial charge is 0.496 e. The highest BCUT2D eigenvalue weighted by atomic mass is 35.5. The lowest BCUT2D eigenvalue weighted by Gasteiger charge is -2.16. The van der Waals surface area contributed by atoms with Crippen LogP contribution in [0.2, 0.25) is 5.15 Å². The Balaban J connectivity index is 2.25. The van der Waals surface area contributed by atoms with Crippen LogP contribution in [0.5, 0.6) is 5.75 Å². The third kappa shape index (κ3) is 3.47. The number of anilines is 1. The molecular formula is C19H22ClN5O2. The second-order valence-corrected chi connectivity index (χ2v) is 6.84. The van der Waals surface area contributed by atoms with Crippen LogP contribution in [0, 0.1) is 13.8 Å². The number of aromatic nitrogens is 4. The van der Waals surface area contributed by atoms with Crippen LogP contribution >= 0.6 is 11.6 Å². The van der Waals surface area contributed by atoms with Gasteiger partial charge in [0, 0.05) is 29.1 Å². The van der Waals surface area contributed by atoms with E-state index in [0.29, 0.717) is 24.2 Å². The van der Waals surface area contributed by atoms with Crippen LogP contribution in [0.15, 0.2) is 17.2 Å². The number of hydrogen-bond donors (Lipinski definition) is 1. The van der Waals surface area contributed by atoms with Crippen molar-refractivity contribution in [3.05, 3.63) is 50.2 Å². The molecule has 0 unspecified atom stereocenters. The van der Waals surface area contributed by atoms with Gasteiger partial charge in [-0.2, -0.15) is 4.98 Å². The number of ether oxygens (including phenoxy) is 1. The summed E-state index contributed by atoms with van der Waals surface area (Å²) in [5, 5.41) is 0.355. The van der Waals surface area contributed by atoms with Crippen molar-refractivity contribution >= 4 is 28.6 Å². The van der Waals surface area contributed by atoms with Crippen molar-refractivity contribution in [3.8, 4) is 5.75 Å². The number of methoxy groups -OCH3 is 1. The van der Waals surface area contributed by atoms with E-state index in [1.54, 1.807) is 13.3 Å². The molecule has 0 radical (unpaired) electrons. The van der Waals surface area contributed by atoms with E-state index in [0.717, 1.165) is 29.0 Å². The van der Waals surface area contributed by atoms with Gasteiger partial charge in [0.25, 0.3) is 0 Å². The third-order valence-electron chi connectivity index (χ3n) is 4.55. The third-order valence-corrected chi connectivity index (χ3v) is 4.83. The fourth-order valence-electron chi connectivity index (χ4n) is 3.27. The van der Waals surface area contributed by atoms with Crippen molar-refractivity contribution in [3.63, 3.8) is 0 Å². The first-order valence-corrected chi connectivity index (χ1v) is 9.09. The molecule has 0 saturated heterocycles. The van der Waals surface area contributed by atoms with Crippen molar-refractivity contribution < 1.29 is 4.74 Å². The molecule has 0 spiro atoms. The highest BCUT2D eigenvalue weighted by Gasteiger charge is 2.17. The van der Waals surface area contributed by atoms with Gasteiger partial charge >= 0.3 is 0 Å². The average molecular weight is 388 g/mol. The van der Waals surface area contributed by atoms with Crippen LogP contribution in [0.3, 0.4) is 0 Å². The van der Waals surface area contributed by atoms with Crippen molar-refractivity contribution in [2.45, 2.75) is 40.2 Å². The molecule has 3 aromatic rings. The van der Waals surface area contributed by atoms with Crippen LogP contribution in [-0.2, 0) is 13.0 Å². The first-order valence-electron chi connectivity index (χ1n) is 8.71. The van der Waals surface area contributed by atoms with E-state index in [9.17, 15) is 4.79 Å². The lowest BCUT2D eigenvalue weighted by molar-refractivity contribution is 0.406. The van der Waals surface area contributed by atoms with E-state index in [2.05, 4.69) is 15.0 Å². The van der Waals surface area contributed by atoms with E-state index in [1.165, 1.54) is 0 Å². The quantitative estimate of drug-likeness (QED) is 0.676. The molecule has 142 valence electrons. The average Bonchev–Trinajstić information content (AvgIpc) is 2.61. The van der Waals surface area contributed by atoms with Gasteiger partial charge in [0.2, 0.25) is 5.95 Å². The van der Waals surface area contributed by atoms with Gasteiger partial charge in [-0.05, 0) is 20.3 Å². The van der Waals surface area contributed by atoms with Crippen LogP contribution < -0.4 is 15.9 Å². The number of nitrogen functional groups attached to an aromatic ring is 1. The van der Waals surface area contributed by atoms with Gasteiger partial charge in [-0.3, -0.25) is 9.78 Å². The number of hydrogen-bond acceptors (Lipinski definition) is 6. The number of halogens is 1. The monoisotopic (exact) mass is 387 g/mol.